The average Bonchev–Trinajstić information content (AvgIpc) is 2.45. The van der Waals surface area contributed by atoms with Crippen molar-refractivity contribution in [3.63, 3.8) is 0 Å². The molecule has 8 heteroatoms. The lowest BCUT2D eigenvalue weighted by Gasteiger charge is -2.28. The number of hydrogen-bond acceptors (Lipinski definition) is 5. The predicted molar refractivity (Wildman–Crippen MR) is 88.6 cm³/mol. The molecule has 0 aliphatic heterocycles. The van der Waals surface area contributed by atoms with E-state index in [9.17, 15) is 14.4 Å². The van der Waals surface area contributed by atoms with Crippen LogP contribution >= 0.6 is 11.6 Å². The second-order valence-electron chi connectivity index (χ2n) is 5.99. The molecule has 1 aromatic rings. The third-order valence-corrected chi connectivity index (χ3v) is 3.27. The van der Waals surface area contributed by atoms with Gasteiger partial charge in [0.2, 0.25) is 0 Å². The van der Waals surface area contributed by atoms with Crippen molar-refractivity contribution in [3.05, 3.63) is 29.3 Å². The monoisotopic (exact) mass is 356 g/mol. The van der Waals surface area contributed by atoms with Crippen molar-refractivity contribution < 1.29 is 23.9 Å². The predicted octanol–water partition coefficient (Wildman–Crippen LogP) is 2.26. The first kappa shape index (κ1) is 19.8. The van der Waals surface area contributed by atoms with E-state index in [-0.39, 0.29) is 5.92 Å². The summed E-state index contributed by atoms with van der Waals surface area (Å²) in [5.74, 6) is -1.48. The third kappa shape index (κ3) is 5.73. The number of carbonyl (C=O) groups excluding carboxylic acids is 3. The summed E-state index contributed by atoms with van der Waals surface area (Å²) in [4.78, 5) is 35.1. The van der Waals surface area contributed by atoms with Crippen LogP contribution < -0.4 is 15.8 Å². The molecule has 1 rings (SSSR count). The highest BCUT2D eigenvalue weighted by Gasteiger charge is 2.37. The van der Waals surface area contributed by atoms with Gasteiger partial charge in [0, 0.05) is 5.02 Å². The van der Waals surface area contributed by atoms with Gasteiger partial charge >= 0.3 is 12.0 Å². The van der Waals surface area contributed by atoms with Crippen LogP contribution in [0.15, 0.2) is 24.3 Å². The molecular formula is C16H21ClN2O5. The third-order valence-electron chi connectivity index (χ3n) is 3.02. The fraction of sp³-hybridized carbons (Fsp3) is 0.438. The number of nitrogens with one attached hydrogen (secondary N) is 1. The Morgan fingerprint density at radius 1 is 1.17 bits per heavy atom. The van der Waals surface area contributed by atoms with Crippen LogP contribution in [0.25, 0.3) is 0 Å². The van der Waals surface area contributed by atoms with Gasteiger partial charge in [-0.2, -0.15) is 0 Å². The molecule has 0 spiro atoms. The Kier molecular flexibility index (Phi) is 6.60. The van der Waals surface area contributed by atoms with E-state index < -0.39 is 29.6 Å². The minimum atomic E-state index is -1.35. The highest BCUT2D eigenvalue weighted by atomic mass is 35.5. The number of benzene rings is 1. The topological polar surface area (TPSA) is 108 Å². The maximum atomic E-state index is 12.4. The van der Waals surface area contributed by atoms with E-state index in [1.54, 1.807) is 38.1 Å². The summed E-state index contributed by atoms with van der Waals surface area (Å²) in [6, 6.07) is 5.44. The van der Waals surface area contributed by atoms with E-state index in [0.29, 0.717) is 10.8 Å². The molecule has 0 saturated carbocycles. The quantitative estimate of drug-likeness (QED) is 0.760. The number of halogens is 1. The highest BCUT2D eigenvalue weighted by Crippen LogP contribution is 2.23. The van der Waals surface area contributed by atoms with Gasteiger partial charge in [0.05, 0.1) is 0 Å². The number of ether oxygens (including phenoxy) is 2. The number of rotatable bonds is 6. The van der Waals surface area contributed by atoms with Gasteiger partial charge < -0.3 is 15.2 Å². The fourth-order valence-corrected chi connectivity index (χ4v) is 1.91. The number of amides is 3. The second-order valence-corrected chi connectivity index (χ2v) is 6.43. The van der Waals surface area contributed by atoms with Gasteiger partial charge in [-0.1, -0.05) is 25.4 Å². The maximum Gasteiger partial charge on any atom is 0.350 e. The summed E-state index contributed by atoms with van der Waals surface area (Å²) in [7, 11) is 0. The number of carbonyl (C=O) groups is 3. The normalized spacial score (nSPS) is 12.4. The molecule has 3 N–H and O–H groups in total. The van der Waals surface area contributed by atoms with E-state index in [4.69, 9.17) is 26.8 Å². The van der Waals surface area contributed by atoms with Crippen LogP contribution in [-0.4, -0.2) is 29.6 Å². The molecule has 0 aliphatic carbocycles. The number of urea groups is 1. The number of primary amides is 1. The molecule has 0 aliphatic rings. The van der Waals surface area contributed by atoms with Crippen molar-refractivity contribution >= 4 is 29.5 Å². The van der Waals surface area contributed by atoms with Gasteiger partial charge in [-0.15, -0.1) is 0 Å². The molecule has 0 fully saturated rings. The molecule has 0 aromatic heterocycles. The standard InChI is InChI=1S/C16H21ClN2O5/c1-9(2)12(13(20)19-15(18)22)23-14(21)16(3,4)24-11-7-5-10(17)6-8-11/h5-9,12H,1-4H3,(H3,18,19,20,22)/t12-/m0/s1. The van der Waals surface area contributed by atoms with Crippen LogP contribution in [-0.2, 0) is 14.3 Å². The smallest absolute Gasteiger partial charge is 0.350 e. The highest BCUT2D eigenvalue weighted by molar-refractivity contribution is 6.30. The molecule has 0 unspecified atom stereocenters. The first-order chi connectivity index (χ1) is 11.0. The summed E-state index contributed by atoms with van der Waals surface area (Å²) in [5.41, 5.74) is 3.56. The van der Waals surface area contributed by atoms with Gasteiger partial charge in [-0.25, -0.2) is 9.59 Å². The van der Waals surface area contributed by atoms with Crippen LogP contribution in [0.4, 0.5) is 4.79 Å². The van der Waals surface area contributed by atoms with Crippen LogP contribution in [0.5, 0.6) is 5.75 Å². The summed E-state index contributed by atoms with van der Waals surface area (Å²) in [6.45, 7) is 6.36. The summed E-state index contributed by atoms with van der Waals surface area (Å²) >= 11 is 5.80. The SMILES string of the molecule is CC(C)[C@H](OC(=O)C(C)(C)Oc1ccc(Cl)cc1)C(=O)NC(N)=O. The van der Waals surface area contributed by atoms with E-state index in [1.165, 1.54) is 13.8 Å². The molecular weight excluding hydrogens is 336 g/mol. The zero-order valence-corrected chi connectivity index (χ0v) is 14.7. The van der Waals surface area contributed by atoms with Crippen LogP contribution in [0, 0.1) is 5.92 Å². The lowest BCUT2D eigenvalue weighted by Crippen LogP contribution is -2.49. The Morgan fingerprint density at radius 3 is 2.17 bits per heavy atom. The molecule has 0 saturated heterocycles. The molecule has 24 heavy (non-hydrogen) atoms. The molecule has 0 bridgehead atoms. The van der Waals surface area contributed by atoms with Gasteiger partial charge in [0.1, 0.15) is 5.75 Å². The Morgan fingerprint density at radius 2 is 1.71 bits per heavy atom. The number of imide groups is 1. The summed E-state index contributed by atoms with van der Waals surface area (Å²) in [6.07, 6.45) is -1.17. The van der Waals surface area contributed by atoms with Gasteiger partial charge in [-0.05, 0) is 44.0 Å². The van der Waals surface area contributed by atoms with E-state index in [1.807, 2.05) is 5.32 Å². The molecule has 132 valence electrons. The molecule has 1 aromatic carbocycles. The first-order valence-electron chi connectivity index (χ1n) is 7.29. The van der Waals surface area contributed by atoms with Gasteiger partial charge in [0.25, 0.3) is 5.91 Å². The zero-order valence-electron chi connectivity index (χ0n) is 14.0. The van der Waals surface area contributed by atoms with Crippen molar-refractivity contribution in [2.75, 3.05) is 0 Å². The summed E-state index contributed by atoms with van der Waals surface area (Å²) in [5, 5.41) is 2.44. The van der Waals surface area contributed by atoms with Crippen molar-refractivity contribution in [3.8, 4) is 5.75 Å². The first-order valence-corrected chi connectivity index (χ1v) is 7.66. The van der Waals surface area contributed by atoms with Crippen molar-refractivity contribution in [1.82, 2.24) is 5.32 Å². The van der Waals surface area contributed by atoms with E-state index in [2.05, 4.69) is 0 Å². The lowest BCUT2D eigenvalue weighted by molar-refractivity contribution is -0.171. The van der Waals surface area contributed by atoms with Crippen molar-refractivity contribution in [2.45, 2.75) is 39.4 Å². The number of esters is 1. The molecule has 0 heterocycles. The molecule has 3 amide bonds. The Labute approximate surface area is 145 Å². The van der Waals surface area contributed by atoms with Crippen LogP contribution in [0.3, 0.4) is 0 Å². The van der Waals surface area contributed by atoms with E-state index in [0.717, 1.165) is 0 Å². The minimum absolute atomic E-state index is 0.361. The Bertz CT molecular complexity index is 613. The maximum absolute atomic E-state index is 12.4. The lowest BCUT2D eigenvalue weighted by atomic mass is 10.1. The largest absolute Gasteiger partial charge is 0.476 e. The minimum Gasteiger partial charge on any atom is -0.476 e. The Hall–Kier alpha value is -2.28. The van der Waals surface area contributed by atoms with Crippen LogP contribution in [0.1, 0.15) is 27.7 Å². The molecule has 1 atom stereocenters. The Balaban J connectivity index is 2.82. The summed E-state index contributed by atoms with van der Waals surface area (Å²) < 4.78 is 10.8. The molecule has 7 nitrogen and oxygen atoms in total. The van der Waals surface area contributed by atoms with Crippen LogP contribution in [0.2, 0.25) is 5.02 Å². The molecule has 0 radical (unpaired) electrons. The van der Waals surface area contributed by atoms with Crippen molar-refractivity contribution in [2.24, 2.45) is 11.7 Å². The zero-order chi connectivity index (χ0) is 18.5. The van der Waals surface area contributed by atoms with E-state index >= 15 is 0 Å². The van der Waals surface area contributed by atoms with Gasteiger partial charge in [0.15, 0.2) is 11.7 Å². The average molecular weight is 357 g/mol. The number of nitrogens with two attached hydrogens (primary N) is 1. The van der Waals surface area contributed by atoms with Gasteiger partial charge in [-0.3, -0.25) is 10.1 Å². The second kappa shape index (κ2) is 8.01. The van der Waals surface area contributed by atoms with Crippen molar-refractivity contribution in [1.29, 1.82) is 0 Å². The number of hydrogen-bond donors (Lipinski definition) is 2. The fourth-order valence-electron chi connectivity index (χ4n) is 1.78.